The molecule has 0 saturated carbocycles. The largest absolute Gasteiger partial charge is 0.466 e. The van der Waals surface area contributed by atoms with Gasteiger partial charge in [-0.3, -0.25) is 9.59 Å². The molecule has 0 bridgehead atoms. The zero-order chi connectivity index (χ0) is 11.7. The Labute approximate surface area is 86.8 Å². The van der Waals surface area contributed by atoms with Crippen molar-refractivity contribution in [3.63, 3.8) is 0 Å². The summed E-state index contributed by atoms with van der Waals surface area (Å²) in [6.45, 7) is 11.3. The second-order valence-corrected chi connectivity index (χ2v) is 3.67. The summed E-state index contributed by atoms with van der Waals surface area (Å²) in [5, 5.41) is 0. The van der Waals surface area contributed by atoms with E-state index in [1.165, 1.54) is 0 Å². The lowest BCUT2D eigenvalue weighted by atomic mass is 10.1. The van der Waals surface area contributed by atoms with Crippen LogP contribution in [0.15, 0.2) is 0 Å². The minimum atomic E-state index is -0.118. The van der Waals surface area contributed by atoms with Crippen LogP contribution in [-0.2, 0) is 14.3 Å². The summed E-state index contributed by atoms with van der Waals surface area (Å²) < 4.78 is 4.66. The Bertz CT molecular complexity index is 171. The van der Waals surface area contributed by atoms with E-state index >= 15 is 0 Å². The molecule has 0 heterocycles. The summed E-state index contributed by atoms with van der Waals surface area (Å²) in [7, 11) is 0. The van der Waals surface area contributed by atoms with E-state index in [0.717, 1.165) is 0 Å². The van der Waals surface area contributed by atoms with Crippen molar-refractivity contribution in [2.75, 3.05) is 6.61 Å². The smallest absolute Gasteiger partial charge is 0.308 e. The number of ketones is 1. The average molecular weight is 202 g/mol. The zero-order valence-electron chi connectivity index (χ0n) is 10.1. The number of ether oxygens (including phenoxy) is 1. The Morgan fingerprint density at radius 1 is 1.07 bits per heavy atom. The first kappa shape index (κ1) is 15.6. The Morgan fingerprint density at radius 2 is 1.43 bits per heavy atom. The number of rotatable bonds is 3. The van der Waals surface area contributed by atoms with Crippen molar-refractivity contribution < 1.29 is 14.3 Å². The highest BCUT2D eigenvalue weighted by Gasteiger charge is 2.04. The third-order valence-corrected chi connectivity index (χ3v) is 1.57. The van der Waals surface area contributed by atoms with Gasteiger partial charge in [0.25, 0.3) is 0 Å². The fourth-order valence-electron chi connectivity index (χ4n) is 0.309. The van der Waals surface area contributed by atoms with Crippen LogP contribution >= 0.6 is 0 Å². The van der Waals surface area contributed by atoms with E-state index in [-0.39, 0.29) is 23.6 Å². The topological polar surface area (TPSA) is 43.4 Å². The van der Waals surface area contributed by atoms with E-state index in [1.807, 2.05) is 27.7 Å². The molecule has 0 aliphatic rings. The van der Waals surface area contributed by atoms with Gasteiger partial charge in [0.05, 0.1) is 12.5 Å². The molecule has 0 rings (SSSR count). The van der Waals surface area contributed by atoms with Crippen LogP contribution in [0, 0.1) is 11.8 Å². The lowest BCUT2D eigenvalue weighted by Crippen LogP contribution is -2.10. The molecule has 0 N–H and O–H groups in total. The van der Waals surface area contributed by atoms with Gasteiger partial charge < -0.3 is 4.74 Å². The fourth-order valence-corrected chi connectivity index (χ4v) is 0.309. The van der Waals surface area contributed by atoms with E-state index < -0.39 is 0 Å². The SMILES string of the molecule is CC(=O)C(C)C.CCOC(=O)C(C)C. The van der Waals surface area contributed by atoms with Gasteiger partial charge in [0.2, 0.25) is 0 Å². The zero-order valence-corrected chi connectivity index (χ0v) is 10.1. The van der Waals surface area contributed by atoms with Crippen LogP contribution in [0.3, 0.4) is 0 Å². The maximum atomic E-state index is 10.5. The Balaban J connectivity index is 0. The van der Waals surface area contributed by atoms with Crippen molar-refractivity contribution in [1.82, 2.24) is 0 Å². The molecular formula is C11H22O3. The van der Waals surface area contributed by atoms with Crippen LogP contribution in [0.1, 0.15) is 41.5 Å². The molecule has 84 valence electrons. The van der Waals surface area contributed by atoms with Gasteiger partial charge in [-0.25, -0.2) is 0 Å². The van der Waals surface area contributed by atoms with Crippen molar-refractivity contribution in [2.24, 2.45) is 11.8 Å². The highest BCUT2D eigenvalue weighted by molar-refractivity contribution is 5.77. The summed E-state index contributed by atoms with van der Waals surface area (Å²) in [5.74, 6) is 0.363. The Morgan fingerprint density at radius 3 is 1.50 bits per heavy atom. The molecule has 0 aliphatic carbocycles. The van der Waals surface area contributed by atoms with Gasteiger partial charge in [-0.05, 0) is 13.8 Å². The summed E-state index contributed by atoms with van der Waals surface area (Å²) in [6, 6.07) is 0. The molecule has 0 radical (unpaired) electrons. The lowest BCUT2D eigenvalue weighted by molar-refractivity contribution is -0.146. The van der Waals surface area contributed by atoms with Gasteiger partial charge in [0.15, 0.2) is 0 Å². The third kappa shape index (κ3) is 11.1. The van der Waals surface area contributed by atoms with Crippen LogP contribution in [0.4, 0.5) is 0 Å². The Hall–Kier alpha value is -0.860. The van der Waals surface area contributed by atoms with Crippen molar-refractivity contribution in [2.45, 2.75) is 41.5 Å². The van der Waals surface area contributed by atoms with Crippen LogP contribution < -0.4 is 0 Å². The van der Waals surface area contributed by atoms with Crippen molar-refractivity contribution >= 4 is 11.8 Å². The van der Waals surface area contributed by atoms with E-state index in [4.69, 9.17) is 0 Å². The summed E-state index contributed by atoms with van der Waals surface area (Å²) in [5.41, 5.74) is 0. The molecule has 3 nitrogen and oxygen atoms in total. The van der Waals surface area contributed by atoms with E-state index in [1.54, 1.807) is 13.8 Å². The first-order valence-corrected chi connectivity index (χ1v) is 4.99. The Kier molecular flexibility index (Phi) is 9.73. The molecule has 0 aliphatic heterocycles. The molecule has 3 heteroatoms. The summed E-state index contributed by atoms with van der Waals surface area (Å²) in [4.78, 5) is 20.7. The van der Waals surface area contributed by atoms with Crippen molar-refractivity contribution in [1.29, 1.82) is 0 Å². The number of hydrogen-bond donors (Lipinski definition) is 0. The molecule has 0 amide bonds. The number of Topliss-reactive ketones (excluding diaryl/α,β-unsaturated/α-hetero) is 1. The average Bonchev–Trinajstić information content (AvgIpc) is 2.05. The van der Waals surface area contributed by atoms with E-state index in [0.29, 0.717) is 6.61 Å². The quantitative estimate of drug-likeness (QED) is 0.660. The minimum absolute atomic E-state index is 0.00921. The lowest BCUT2D eigenvalue weighted by Gasteiger charge is -2.01. The number of esters is 1. The highest BCUT2D eigenvalue weighted by Crippen LogP contribution is 1.93. The maximum Gasteiger partial charge on any atom is 0.308 e. The highest BCUT2D eigenvalue weighted by atomic mass is 16.5. The molecule has 0 aromatic heterocycles. The minimum Gasteiger partial charge on any atom is -0.466 e. The van der Waals surface area contributed by atoms with Gasteiger partial charge in [0.1, 0.15) is 5.78 Å². The molecule has 0 unspecified atom stereocenters. The fraction of sp³-hybridized carbons (Fsp3) is 0.818. The monoisotopic (exact) mass is 202 g/mol. The molecule has 0 aromatic carbocycles. The summed E-state index contributed by atoms with van der Waals surface area (Å²) in [6.07, 6.45) is 0. The molecule has 0 spiro atoms. The second kappa shape index (κ2) is 8.73. The summed E-state index contributed by atoms with van der Waals surface area (Å²) >= 11 is 0. The van der Waals surface area contributed by atoms with Crippen molar-refractivity contribution in [3.8, 4) is 0 Å². The molecule has 0 aromatic rings. The molecule has 14 heavy (non-hydrogen) atoms. The van der Waals surface area contributed by atoms with Gasteiger partial charge >= 0.3 is 5.97 Å². The molecular weight excluding hydrogens is 180 g/mol. The molecule has 0 fully saturated rings. The number of carbonyl (C=O) groups excluding carboxylic acids is 2. The van der Waals surface area contributed by atoms with Gasteiger partial charge in [0, 0.05) is 5.92 Å². The first-order valence-electron chi connectivity index (χ1n) is 4.99. The van der Waals surface area contributed by atoms with E-state index in [2.05, 4.69) is 4.74 Å². The molecule has 0 atom stereocenters. The van der Waals surface area contributed by atoms with Crippen LogP contribution in [0.5, 0.6) is 0 Å². The number of hydrogen-bond acceptors (Lipinski definition) is 3. The van der Waals surface area contributed by atoms with Gasteiger partial charge in [-0.15, -0.1) is 0 Å². The second-order valence-electron chi connectivity index (χ2n) is 3.67. The first-order chi connectivity index (χ1) is 6.32. The van der Waals surface area contributed by atoms with Crippen LogP contribution in [-0.4, -0.2) is 18.4 Å². The van der Waals surface area contributed by atoms with Crippen LogP contribution in [0.2, 0.25) is 0 Å². The molecule has 0 saturated heterocycles. The maximum absolute atomic E-state index is 10.5. The van der Waals surface area contributed by atoms with Gasteiger partial charge in [-0.2, -0.15) is 0 Å². The standard InChI is InChI=1S/C6H12O2.C5H10O/c1-4-8-6(7)5(2)3;1-4(2)5(3)6/h5H,4H2,1-3H3;4H,1-3H3. The predicted molar refractivity (Wildman–Crippen MR) is 57.0 cm³/mol. The van der Waals surface area contributed by atoms with Gasteiger partial charge in [-0.1, -0.05) is 27.7 Å². The van der Waals surface area contributed by atoms with Crippen LogP contribution in [0.25, 0.3) is 0 Å². The normalized spacial score (nSPS) is 9.43. The van der Waals surface area contributed by atoms with Crippen molar-refractivity contribution in [3.05, 3.63) is 0 Å². The van der Waals surface area contributed by atoms with E-state index in [9.17, 15) is 9.59 Å². The number of carbonyl (C=O) groups is 2. The third-order valence-electron chi connectivity index (χ3n) is 1.57. The predicted octanol–water partition coefficient (Wildman–Crippen LogP) is 2.44.